The summed E-state index contributed by atoms with van der Waals surface area (Å²) < 4.78 is 11.5. The van der Waals surface area contributed by atoms with Crippen LogP contribution in [0.25, 0.3) is 0 Å². The Morgan fingerprint density at radius 1 is 0.889 bits per heavy atom. The summed E-state index contributed by atoms with van der Waals surface area (Å²) in [6.45, 7) is 0. The van der Waals surface area contributed by atoms with Gasteiger partial charge in [0.1, 0.15) is 23.4 Å². The van der Waals surface area contributed by atoms with E-state index in [1.165, 1.54) is 36.4 Å². The minimum Gasteiger partial charge on any atom is -0.508 e. The Morgan fingerprint density at radius 2 is 1.58 bits per heavy atom. The van der Waals surface area contributed by atoms with Crippen molar-refractivity contribution in [2.75, 3.05) is 0 Å². The Balaban J connectivity index is 1.47. The second-order valence-electron chi connectivity index (χ2n) is 8.68. The number of fused-ring (bicyclic) bond motifs is 1. The lowest BCUT2D eigenvalue weighted by Crippen LogP contribution is -2.35. The van der Waals surface area contributed by atoms with Crippen LogP contribution in [0, 0.1) is 0 Å². The maximum absolute atomic E-state index is 12.7. The molecule has 1 aliphatic heterocycles. The van der Waals surface area contributed by atoms with E-state index < -0.39 is 30.0 Å². The number of aromatic hydroxyl groups is 6. The zero-order chi connectivity index (χ0) is 26.0. The molecule has 0 aromatic heterocycles. The first-order valence-corrected chi connectivity index (χ1v) is 11.2. The van der Waals surface area contributed by atoms with Crippen molar-refractivity contribution in [3.63, 3.8) is 0 Å². The van der Waals surface area contributed by atoms with Gasteiger partial charge in [-0.3, -0.25) is 4.79 Å². The van der Waals surface area contributed by atoms with Crippen LogP contribution >= 0.6 is 0 Å². The molecule has 0 saturated heterocycles. The molecule has 3 aromatic carbocycles. The maximum atomic E-state index is 12.7. The molecular formula is C26H26O10. The van der Waals surface area contributed by atoms with Gasteiger partial charge in [0, 0.05) is 29.7 Å². The number of aliphatic hydroxyl groups is 1. The molecule has 1 aliphatic rings. The van der Waals surface area contributed by atoms with Crippen molar-refractivity contribution in [1.82, 2.24) is 0 Å². The molecule has 3 aromatic rings. The molecular weight excluding hydrogens is 472 g/mol. The average Bonchev–Trinajstić information content (AvgIpc) is 2.81. The second-order valence-corrected chi connectivity index (χ2v) is 8.68. The van der Waals surface area contributed by atoms with Gasteiger partial charge >= 0.3 is 5.97 Å². The number of aryl methyl sites for hydroxylation is 1. The molecule has 0 saturated carbocycles. The van der Waals surface area contributed by atoms with Crippen molar-refractivity contribution in [3.05, 3.63) is 65.2 Å². The van der Waals surface area contributed by atoms with Gasteiger partial charge in [0.05, 0.1) is 12.5 Å². The van der Waals surface area contributed by atoms with Crippen LogP contribution in [0.1, 0.15) is 35.6 Å². The number of benzene rings is 3. The first-order valence-electron chi connectivity index (χ1n) is 11.2. The van der Waals surface area contributed by atoms with E-state index in [1.807, 2.05) is 0 Å². The van der Waals surface area contributed by atoms with Crippen molar-refractivity contribution in [3.8, 4) is 40.2 Å². The summed E-state index contributed by atoms with van der Waals surface area (Å²) in [5.74, 6) is -2.28. The molecule has 1 unspecified atom stereocenters. The predicted molar refractivity (Wildman–Crippen MR) is 125 cm³/mol. The lowest BCUT2D eigenvalue weighted by molar-refractivity contribution is -0.157. The van der Waals surface area contributed by atoms with Gasteiger partial charge in [0.25, 0.3) is 0 Å². The second kappa shape index (κ2) is 10.1. The van der Waals surface area contributed by atoms with Crippen molar-refractivity contribution in [2.45, 2.75) is 44.0 Å². The van der Waals surface area contributed by atoms with Gasteiger partial charge in [-0.05, 0) is 42.7 Å². The minimum atomic E-state index is -1.05. The molecule has 3 atom stereocenters. The predicted octanol–water partition coefficient (Wildman–Crippen LogP) is 2.89. The number of rotatable bonds is 7. The molecule has 0 aliphatic carbocycles. The van der Waals surface area contributed by atoms with Gasteiger partial charge in [-0.25, -0.2) is 0 Å². The van der Waals surface area contributed by atoms with Crippen LogP contribution in [0.3, 0.4) is 0 Å². The monoisotopic (exact) mass is 498 g/mol. The molecule has 190 valence electrons. The fourth-order valence-electron chi connectivity index (χ4n) is 4.12. The Morgan fingerprint density at radius 3 is 2.28 bits per heavy atom. The first kappa shape index (κ1) is 24.8. The fraction of sp³-hybridized carbons (Fsp3) is 0.269. The minimum absolute atomic E-state index is 0.0301. The van der Waals surface area contributed by atoms with Crippen molar-refractivity contribution >= 4 is 5.97 Å². The summed E-state index contributed by atoms with van der Waals surface area (Å²) in [5.41, 5.74) is 1.36. The highest BCUT2D eigenvalue weighted by Gasteiger charge is 2.36. The maximum Gasteiger partial charge on any atom is 0.308 e. The number of carbonyl (C=O) groups is 1. The lowest BCUT2D eigenvalue weighted by Gasteiger charge is -2.34. The third-order valence-corrected chi connectivity index (χ3v) is 5.99. The largest absolute Gasteiger partial charge is 0.508 e. The summed E-state index contributed by atoms with van der Waals surface area (Å²) in [6.07, 6.45) is -2.71. The lowest BCUT2D eigenvalue weighted by atomic mass is 9.93. The summed E-state index contributed by atoms with van der Waals surface area (Å²) in [7, 11) is 0. The van der Waals surface area contributed by atoms with Crippen molar-refractivity contribution < 1.29 is 50.0 Å². The van der Waals surface area contributed by atoms with Gasteiger partial charge in [-0.2, -0.15) is 0 Å². The highest BCUT2D eigenvalue weighted by Crippen LogP contribution is 2.44. The number of hydrogen-bond donors (Lipinski definition) is 7. The molecule has 0 spiro atoms. The number of ether oxygens (including phenoxy) is 2. The zero-order valence-electron chi connectivity index (χ0n) is 19.0. The summed E-state index contributed by atoms with van der Waals surface area (Å²) in [6, 6.07) is 10.8. The highest BCUT2D eigenvalue weighted by molar-refractivity contribution is 5.70. The average molecular weight is 498 g/mol. The Bertz CT molecular complexity index is 1270. The zero-order valence-corrected chi connectivity index (χ0v) is 19.0. The molecule has 7 N–H and O–H groups in total. The first-order chi connectivity index (χ1) is 17.1. The van der Waals surface area contributed by atoms with Crippen LogP contribution < -0.4 is 4.74 Å². The van der Waals surface area contributed by atoms with Crippen LogP contribution in [0.4, 0.5) is 0 Å². The smallest absolute Gasteiger partial charge is 0.308 e. The molecule has 36 heavy (non-hydrogen) atoms. The van der Waals surface area contributed by atoms with Crippen LogP contribution in [0.2, 0.25) is 0 Å². The van der Waals surface area contributed by atoms with Crippen molar-refractivity contribution in [1.29, 1.82) is 0 Å². The SMILES string of the molecule is O=C(CC(O)CCc1ccc(O)c(O)c1)O[C@H]1Cc2c(O)cc(O)cc2O[C@H]1c1ccc(O)c(O)c1. The highest BCUT2D eigenvalue weighted by atomic mass is 16.6. The molecule has 10 nitrogen and oxygen atoms in total. The summed E-state index contributed by atoms with van der Waals surface area (Å²) in [5, 5.41) is 69.0. The molecule has 1 heterocycles. The third kappa shape index (κ3) is 5.49. The van der Waals surface area contributed by atoms with Crippen LogP contribution in [-0.4, -0.2) is 53.9 Å². The third-order valence-electron chi connectivity index (χ3n) is 5.99. The van der Waals surface area contributed by atoms with Crippen molar-refractivity contribution in [2.24, 2.45) is 0 Å². The number of phenolic OH excluding ortho intramolecular Hbond substituents is 6. The Kier molecular flexibility index (Phi) is 6.98. The molecule has 4 rings (SSSR count). The quantitative estimate of drug-likeness (QED) is 0.189. The number of esters is 1. The van der Waals surface area contributed by atoms with Crippen LogP contribution in [0.15, 0.2) is 48.5 Å². The normalized spacial score (nSPS) is 17.6. The van der Waals surface area contributed by atoms with E-state index in [4.69, 9.17) is 9.47 Å². The van der Waals surface area contributed by atoms with E-state index in [2.05, 4.69) is 0 Å². The molecule has 0 fully saturated rings. The summed E-state index contributed by atoms with van der Waals surface area (Å²) in [4.78, 5) is 12.7. The summed E-state index contributed by atoms with van der Waals surface area (Å²) >= 11 is 0. The standard InChI is InChI=1S/C26H26O10/c27-15(4-1-13-2-5-18(29)21(32)7-13)11-25(34)35-24-12-17-20(31)9-16(28)10-23(17)36-26(24)14-3-6-19(30)22(33)8-14/h2-3,5-10,15,24,26-33H,1,4,11-12H2/t15?,24-,26-/m0/s1. The number of aliphatic hydroxyl groups excluding tert-OH is 1. The molecule has 0 bridgehead atoms. The number of phenols is 6. The molecule has 10 heteroatoms. The Labute approximate surface area is 205 Å². The number of carbonyl (C=O) groups excluding carboxylic acids is 1. The number of hydrogen-bond acceptors (Lipinski definition) is 10. The van der Waals surface area contributed by atoms with E-state index >= 15 is 0 Å². The van der Waals surface area contributed by atoms with E-state index in [9.17, 15) is 40.5 Å². The van der Waals surface area contributed by atoms with Gasteiger partial charge < -0.3 is 45.2 Å². The fourth-order valence-corrected chi connectivity index (χ4v) is 4.12. The molecule has 0 radical (unpaired) electrons. The van der Waals surface area contributed by atoms with Gasteiger partial charge in [0.2, 0.25) is 0 Å². The van der Waals surface area contributed by atoms with Gasteiger partial charge in [0.15, 0.2) is 29.1 Å². The van der Waals surface area contributed by atoms with Gasteiger partial charge in [-0.15, -0.1) is 0 Å². The Hall–Kier alpha value is -4.31. The van der Waals surface area contributed by atoms with E-state index in [0.29, 0.717) is 23.1 Å². The van der Waals surface area contributed by atoms with E-state index in [1.54, 1.807) is 6.07 Å². The van der Waals surface area contributed by atoms with Gasteiger partial charge in [-0.1, -0.05) is 12.1 Å². The van der Waals surface area contributed by atoms with Crippen LogP contribution in [-0.2, 0) is 22.4 Å². The van der Waals surface area contributed by atoms with E-state index in [0.717, 1.165) is 6.07 Å². The van der Waals surface area contributed by atoms with Crippen LogP contribution in [0.5, 0.6) is 40.2 Å². The molecule has 0 amide bonds. The topological polar surface area (TPSA) is 177 Å². The van der Waals surface area contributed by atoms with E-state index in [-0.39, 0.29) is 53.8 Å².